The topological polar surface area (TPSA) is 104 Å². The van der Waals surface area contributed by atoms with Crippen molar-refractivity contribution >= 4 is 40.0 Å². The lowest BCUT2D eigenvalue weighted by Gasteiger charge is -2.11. The number of thiocarbonyl (C=S) groups is 1. The van der Waals surface area contributed by atoms with Crippen LogP contribution in [0, 0.1) is 0 Å². The molecule has 0 saturated carbocycles. The van der Waals surface area contributed by atoms with Crippen LogP contribution in [-0.4, -0.2) is 44.4 Å². The normalized spacial score (nSPS) is 10.5. The molecule has 180 valence electrons. The molecule has 3 aromatic carbocycles. The number of aromatic nitrogens is 1. The minimum Gasteiger partial charge on any atom is -0.497 e. The number of benzene rings is 3. The molecule has 0 radical (unpaired) electrons. The van der Waals surface area contributed by atoms with E-state index in [2.05, 4.69) is 15.6 Å². The fourth-order valence-corrected chi connectivity index (χ4v) is 3.58. The Labute approximate surface area is 207 Å². The lowest BCUT2D eigenvalue weighted by molar-refractivity contribution is 0.0977. The first-order chi connectivity index (χ1) is 16.9. The van der Waals surface area contributed by atoms with Crippen molar-refractivity contribution in [3.8, 4) is 34.5 Å². The third-order valence-electron chi connectivity index (χ3n) is 5.12. The molecule has 1 aromatic heterocycles. The highest BCUT2D eigenvalue weighted by Crippen LogP contribution is 2.33. The second-order valence-corrected chi connectivity index (χ2v) is 7.69. The lowest BCUT2D eigenvalue weighted by Crippen LogP contribution is -2.34. The molecule has 0 bridgehead atoms. The molecule has 4 aromatic rings. The first-order valence-electron chi connectivity index (χ1n) is 10.4. The van der Waals surface area contributed by atoms with Crippen molar-refractivity contribution in [3.05, 3.63) is 60.2 Å². The molecule has 4 rings (SSSR count). The molecule has 0 fully saturated rings. The van der Waals surface area contributed by atoms with E-state index >= 15 is 0 Å². The number of rotatable bonds is 7. The predicted octanol–water partition coefficient (Wildman–Crippen LogP) is 4.66. The number of methoxy groups -OCH3 is 4. The van der Waals surface area contributed by atoms with Gasteiger partial charge in [-0.1, -0.05) is 0 Å². The second kappa shape index (κ2) is 10.3. The summed E-state index contributed by atoms with van der Waals surface area (Å²) >= 11 is 5.32. The van der Waals surface area contributed by atoms with Gasteiger partial charge in [0.05, 0.1) is 28.4 Å². The molecule has 0 spiro atoms. The van der Waals surface area contributed by atoms with Crippen LogP contribution in [0.4, 0.5) is 5.69 Å². The van der Waals surface area contributed by atoms with E-state index in [-0.39, 0.29) is 5.11 Å². The van der Waals surface area contributed by atoms with E-state index in [0.717, 1.165) is 5.56 Å². The SMILES string of the molecule is COc1cc(OC)cc(C(=O)NC(=S)Nc2ccc3oc(-c4ccc(OC)c(OC)c4)nc3c2)c1. The van der Waals surface area contributed by atoms with Crippen LogP contribution in [0.3, 0.4) is 0 Å². The summed E-state index contributed by atoms with van der Waals surface area (Å²) in [7, 11) is 6.17. The maximum Gasteiger partial charge on any atom is 0.257 e. The van der Waals surface area contributed by atoms with Crippen LogP contribution >= 0.6 is 12.2 Å². The summed E-state index contributed by atoms with van der Waals surface area (Å²) in [6.45, 7) is 0. The Balaban J connectivity index is 1.49. The van der Waals surface area contributed by atoms with Crippen LogP contribution in [0.5, 0.6) is 23.0 Å². The highest BCUT2D eigenvalue weighted by molar-refractivity contribution is 7.80. The molecule has 0 aliphatic carbocycles. The van der Waals surface area contributed by atoms with Crippen LogP contribution in [-0.2, 0) is 0 Å². The minimum atomic E-state index is -0.405. The predicted molar refractivity (Wildman–Crippen MR) is 136 cm³/mol. The molecule has 0 atom stereocenters. The highest BCUT2D eigenvalue weighted by atomic mass is 32.1. The van der Waals surface area contributed by atoms with E-state index < -0.39 is 5.91 Å². The zero-order valence-electron chi connectivity index (χ0n) is 19.5. The Morgan fingerprint density at radius 3 is 2.23 bits per heavy atom. The number of anilines is 1. The molecular formula is C25H23N3O6S. The molecular weight excluding hydrogens is 470 g/mol. The van der Waals surface area contributed by atoms with Gasteiger partial charge in [0.25, 0.3) is 5.91 Å². The zero-order valence-corrected chi connectivity index (χ0v) is 20.3. The van der Waals surface area contributed by atoms with Gasteiger partial charge in [-0.05, 0) is 60.7 Å². The molecule has 0 aliphatic heterocycles. The van der Waals surface area contributed by atoms with Gasteiger partial charge in [-0.25, -0.2) is 4.98 Å². The Morgan fingerprint density at radius 2 is 1.57 bits per heavy atom. The van der Waals surface area contributed by atoms with E-state index in [9.17, 15) is 4.79 Å². The van der Waals surface area contributed by atoms with Crippen LogP contribution < -0.4 is 29.6 Å². The number of carbonyl (C=O) groups is 1. The van der Waals surface area contributed by atoms with Gasteiger partial charge < -0.3 is 28.7 Å². The summed E-state index contributed by atoms with van der Waals surface area (Å²) in [5.41, 5.74) is 2.94. The minimum absolute atomic E-state index is 0.125. The molecule has 0 unspecified atom stereocenters. The molecule has 10 heteroatoms. The Kier molecular flexibility index (Phi) is 7.02. The number of hydrogen-bond acceptors (Lipinski definition) is 8. The molecule has 9 nitrogen and oxygen atoms in total. The number of fused-ring (bicyclic) bond motifs is 1. The van der Waals surface area contributed by atoms with E-state index in [0.29, 0.717) is 51.2 Å². The summed E-state index contributed by atoms with van der Waals surface area (Å²) in [6, 6.07) is 15.6. The van der Waals surface area contributed by atoms with Crippen molar-refractivity contribution in [1.29, 1.82) is 0 Å². The third kappa shape index (κ3) is 5.28. The number of oxazole rings is 1. The Morgan fingerprint density at radius 1 is 0.857 bits per heavy atom. The van der Waals surface area contributed by atoms with Crippen molar-refractivity contribution in [2.75, 3.05) is 33.8 Å². The van der Waals surface area contributed by atoms with Crippen molar-refractivity contribution in [2.45, 2.75) is 0 Å². The van der Waals surface area contributed by atoms with Gasteiger partial charge in [0.15, 0.2) is 22.2 Å². The first-order valence-corrected chi connectivity index (χ1v) is 10.8. The van der Waals surface area contributed by atoms with Crippen LogP contribution in [0.15, 0.2) is 59.0 Å². The number of amides is 1. The summed E-state index contributed by atoms with van der Waals surface area (Å²) in [6.07, 6.45) is 0. The van der Waals surface area contributed by atoms with E-state index in [1.807, 2.05) is 6.07 Å². The van der Waals surface area contributed by atoms with Crippen LogP contribution in [0.2, 0.25) is 0 Å². The number of nitrogens with one attached hydrogen (secondary N) is 2. The highest BCUT2D eigenvalue weighted by Gasteiger charge is 2.14. The van der Waals surface area contributed by atoms with Gasteiger partial charge in [-0.2, -0.15) is 0 Å². The van der Waals surface area contributed by atoms with Gasteiger partial charge in [0.2, 0.25) is 5.89 Å². The fourth-order valence-electron chi connectivity index (χ4n) is 3.37. The molecule has 1 amide bonds. The average Bonchev–Trinajstić information content (AvgIpc) is 3.31. The molecule has 0 saturated heterocycles. The maximum atomic E-state index is 12.7. The third-order valence-corrected chi connectivity index (χ3v) is 5.32. The van der Waals surface area contributed by atoms with Crippen LogP contribution in [0.1, 0.15) is 10.4 Å². The standard InChI is InChI=1S/C25H23N3O6S/c1-30-17-9-15(10-18(13-17)31-2)23(29)28-25(35)26-16-6-8-20-19(12-16)27-24(34-20)14-5-7-21(32-3)22(11-14)33-4/h5-13H,1-4H3,(H2,26,28,29,35). The van der Waals surface area contributed by atoms with Gasteiger partial charge in [0, 0.05) is 22.9 Å². The summed E-state index contributed by atoms with van der Waals surface area (Å²) in [5.74, 6) is 2.20. The lowest BCUT2D eigenvalue weighted by atomic mass is 10.2. The summed E-state index contributed by atoms with van der Waals surface area (Å²) in [5, 5.41) is 5.77. The van der Waals surface area contributed by atoms with Gasteiger partial charge in [-0.3, -0.25) is 10.1 Å². The van der Waals surface area contributed by atoms with Gasteiger partial charge >= 0.3 is 0 Å². The van der Waals surface area contributed by atoms with Crippen molar-refractivity contribution in [1.82, 2.24) is 10.3 Å². The molecule has 1 heterocycles. The van der Waals surface area contributed by atoms with Crippen LogP contribution in [0.25, 0.3) is 22.6 Å². The van der Waals surface area contributed by atoms with Crippen molar-refractivity contribution in [2.24, 2.45) is 0 Å². The first kappa shape index (κ1) is 23.8. The largest absolute Gasteiger partial charge is 0.497 e. The van der Waals surface area contributed by atoms with E-state index in [4.69, 9.17) is 35.6 Å². The monoisotopic (exact) mass is 493 g/mol. The smallest absolute Gasteiger partial charge is 0.257 e. The number of hydrogen-bond donors (Lipinski definition) is 2. The van der Waals surface area contributed by atoms with E-state index in [1.165, 1.54) is 14.2 Å². The molecule has 35 heavy (non-hydrogen) atoms. The number of nitrogens with zero attached hydrogens (tertiary/aromatic N) is 1. The molecule has 2 N–H and O–H groups in total. The number of ether oxygens (including phenoxy) is 4. The Hall–Kier alpha value is -4.31. The summed E-state index contributed by atoms with van der Waals surface area (Å²) < 4.78 is 26.9. The Bertz CT molecular complexity index is 1380. The van der Waals surface area contributed by atoms with Gasteiger partial charge in [0.1, 0.15) is 17.0 Å². The van der Waals surface area contributed by atoms with E-state index in [1.54, 1.807) is 62.8 Å². The van der Waals surface area contributed by atoms with Gasteiger partial charge in [-0.15, -0.1) is 0 Å². The average molecular weight is 494 g/mol. The quantitative estimate of drug-likeness (QED) is 0.356. The maximum absolute atomic E-state index is 12.7. The summed E-state index contributed by atoms with van der Waals surface area (Å²) in [4.78, 5) is 17.2. The zero-order chi connectivity index (χ0) is 24.9. The molecule has 0 aliphatic rings. The number of carbonyl (C=O) groups excluding carboxylic acids is 1. The fraction of sp³-hybridized carbons (Fsp3) is 0.160. The van der Waals surface area contributed by atoms with Crippen molar-refractivity contribution in [3.63, 3.8) is 0 Å². The second-order valence-electron chi connectivity index (χ2n) is 7.28. The van der Waals surface area contributed by atoms with Crippen molar-refractivity contribution < 1.29 is 28.2 Å².